The van der Waals surface area contributed by atoms with Crippen molar-refractivity contribution in [2.24, 2.45) is 0 Å². The number of aromatic nitrogens is 2. The molecule has 2 rings (SSSR count). The van der Waals surface area contributed by atoms with Crippen molar-refractivity contribution in [3.63, 3.8) is 0 Å². The number of carbonyl (C=O) groups is 1. The normalized spacial score (nSPS) is 10.9. The average molecular weight is 220 g/mol. The molecule has 0 radical (unpaired) electrons. The van der Waals surface area contributed by atoms with E-state index in [9.17, 15) is 4.79 Å². The Labute approximate surface area is 92.0 Å². The van der Waals surface area contributed by atoms with Gasteiger partial charge in [-0.15, -0.1) is 5.10 Å². The van der Waals surface area contributed by atoms with E-state index >= 15 is 0 Å². The highest BCUT2D eigenvalue weighted by Gasteiger charge is 2.11. The van der Waals surface area contributed by atoms with Crippen LogP contribution in [0.25, 0.3) is 10.9 Å². The highest BCUT2D eigenvalue weighted by atomic mass is 16.5. The number of hydrogen-bond acceptors (Lipinski definition) is 3. The van der Waals surface area contributed by atoms with Crippen LogP contribution in [0.2, 0.25) is 0 Å². The average Bonchev–Trinajstić information content (AvgIpc) is 2.60. The molecule has 0 atom stereocenters. The second kappa shape index (κ2) is 3.84. The van der Waals surface area contributed by atoms with Crippen LogP contribution in [-0.4, -0.2) is 27.4 Å². The van der Waals surface area contributed by atoms with Crippen molar-refractivity contribution in [3.05, 3.63) is 23.8 Å². The summed E-state index contributed by atoms with van der Waals surface area (Å²) in [6.07, 6.45) is -0.0000146. The third-order valence-electron chi connectivity index (χ3n) is 2.12. The van der Waals surface area contributed by atoms with E-state index in [-0.39, 0.29) is 11.7 Å². The summed E-state index contributed by atoms with van der Waals surface area (Å²) in [5, 5.41) is 16.4. The lowest BCUT2D eigenvalue weighted by Gasteiger charge is -2.06. The molecule has 0 aliphatic rings. The van der Waals surface area contributed by atoms with Gasteiger partial charge in [0, 0.05) is 0 Å². The van der Waals surface area contributed by atoms with E-state index in [1.807, 2.05) is 13.8 Å². The van der Waals surface area contributed by atoms with Gasteiger partial charge in [0.05, 0.1) is 22.6 Å². The fourth-order valence-electron chi connectivity index (χ4n) is 1.44. The van der Waals surface area contributed by atoms with Gasteiger partial charge in [-0.05, 0) is 32.0 Å². The molecule has 0 unspecified atom stereocenters. The van der Waals surface area contributed by atoms with Crippen molar-refractivity contribution in [2.45, 2.75) is 20.0 Å². The van der Waals surface area contributed by atoms with Gasteiger partial charge in [-0.1, -0.05) is 0 Å². The van der Waals surface area contributed by atoms with Gasteiger partial charge in [-0.2, -0.15) is 0 Å². The molecule has 0 spiro atoms. The number of carboxylic acid groups (broad SMARTS) is 1. The number of ether oxygens (including phenoxy) is 1. The van der Waals surface area contributed by atoms with Crippen LogP contribution < -0.4 is 4.74 Å². The SMILES string of the molecule is CC(C)Oc1n[nH]c2ccc(C(=O)O)cc12. The number of aromatic amines is 1. The molecule has 2 aromatic rings. The van der Waals surface area contributed by atoms with Crippen LogP contribution in [0.4, 0.5) is 0 Å². The Balaban J connectivity index is 2.51. The Morgan fingerprint density at radius 1 is 1.50 bits per heavy atom. The van der Waals surface area contributed by atoms with Crippen LogP contribution in [0.1, 0.15) is 24.2 Å². The number of H-pyrrole nitrogens is 1. The van der Waals surface area contributed by atoms with Crippen molar-refractivity contribution in [2.75, 3.05) is 0 Å². The van der Waals surface area contributed by atoms with E-state index in [1.165, 1.54) is 6.07 Å². The third kappa shape index (κ3) is 1.84. The molecule has 0 saturated carbocycles. The number of aromatic carboxylic acids is 1. The first-order valence-corrected chi connectivity index (χ1v) is 4.96. The zero-order chi connectivity index (χ0) is 11.7. The van der Waals surface area contributed by atoms with Crippen LogP contribution >= 0.6 is 0 Å². The largest absolute Gasteiger partial charge is 0.478 e. The Hall–Kier alpha value is -2.04. The first-order chi connectivity index (χ1) is 7.58. The number of benzene rings is 1. The van der Waals surface area contributed by atoms with E-state index in [2.05, 4.69) is 10.2 Å². The zero-order valence-electron chi connectivity index (χ0n) is 9.02. The minimum absolute atomic E-state index is 0.0000146. The summed E-state index contributed by atoms with van der Waals surface area (Å²) >= 11 is 0. The Bertz CT molecular complexity index is 531. The predicted molar refractivity (Wildman–Crippen MR) is 58.8 cm³/mol. The predicted octanol–water partition coefficient (Wildman–Crippen LogP) is 2.05. The van der Waals surface area contributed by atoms with Crippen LogP contribution in [-0.2, 0) is 0 Å². The summed E-state index contributed by atoms with van der Waals surface area (Å²) in [6.45, 7) is 3.78. The minimum atomic E-state index is -0.960. The lowest BCUT2D eigenvalue weighted by atomic mass is 10.1. The summed E-state index contributed by atoms with van der Waals surface area (Å²) in [6, 6.07) is 4.76. The molecule has 16 heavy (non-hydrogen) atoms. The van der Waals surface area contributed by atoms with Gasteiger partial charge in [0.2, 0.25) is 5.88 Å². The molecule has 0 aliphatic carbocycles. The quantitative estimate of drug-likeness (QED) is 0.830. The minimum Gasteiger partial charge on any atom is -0.478 e. The Kier molecular flexibility index (Phi) is 2.52. The molecular formula is C11H12N2O3. The number of hydrogen-bond donors (Lipinski definition) is 2. The third-order valence-corrected chi connectivity index (χ3v) is 2.12. The monoisotopic (exact) mass is 220 g/mol. The fourth-order valence-corrected chi connectivity index (χ4v) is 1.44. The first kappa shape index (κ1) is 10.5. The number of nitrogens with zero attached hydrogens (tertiary/aromatic N) is 1. The molecule has 0 fully saturated rings. The van der Waals surface area contributed by atoms with E-state index in [4.69, 9.17) is 9.84 Å². The highest BCUT2D eigenvalue weighted by Crippen LogP contribution is 2.24. The molecular weight excluding hydrogens is 208 g/mol. The summed E-state index contributed by atoms with van der Waals surface area (Å²) in [5.41, 5.74) is 0.989. The maximum absolute atomic E-state index is 10.8. The maximum Gasteiger partial charge on any atom is 0.335 e. The molecule has 5 heteroatoms. The molecule has 0 aliphatic heterocycles. The van der Waals surface area contributed by atoms with Crippen LogP contribution in [0.3, 0.4) is 0 Å². The number of nitrogens with one attached hydrogen (secondary N) is 1. The number of rotatable bonds is 3. The van der Waals surface area contributed by atoms with Gasteiger partial charge in [-0.25, -0.2) is 4.79 Å². The van der Waals surface area contributed by atoms with Gasteiger partial charge >= 0.3 is 5.97 Å². The topological polar surface area (TPSA) is 75.2 Å². The molecule has 1 heterocycles. The number of fused-ring (bicyclic) bond motifs is 1. The molecule has 1 aromatic carbocycles. The molecule has 0 bridgehead atoms. The molecule has 1 aromatic heterocycles. The second-order valence-electron chi connectivity index (χ2n) is 3.76. The van der Waals surface area contributed by atoms with Gasteiger partial charge in [-0.3, -0.25) is 5.10 Å². The lowest BCUT2D eigenvalue weighted by Crippen LogP contribution is -2.06. The van der Waals surface area contributed by atoms with Crippen molar-refractivity contribution in [1.82, 2.24) is 10.2 Å². The van der Waals surface area contributed by atoms with Gasteiger partial charge in [0.15, 0.2) is 0 Å². The standard InChI is InChI=1S/C11H12N2O3/c1-6(2)16-10-8-5-7(11(14)15)3-4-9(8)12-13-10/h3-6H,1-2H3,(H,12,13)(H,14,15). The summed E-state index contributed by atoms with van der Waals surface area (Å²) in [4.78, 5) is 10.8. The molecule has 0 saturated heterocycles. The molecule has 2 N–H and O–H groups in total. The van der Waals surface area contributed by atoms with Gasteiger partial charge < -0.3 is 9.84 Å². The van der Waals surface area contributed by atoms with Gasteiger partial charge in [0.25, 0.3) is 0 Å². The van der Waals surface area contributed by atoms with E-state index in [1.54, 1.807) is 12.1 Å². The molecule has 84 valence electrons. The lowest BCUT2D eigenvalue weighted by molar-refractivity contribution is 0.0697. The van der Waals surface area contributed by atoms with Crippen LogP contribution in [0.5, 0.6) is 5.88 Å². The smallest absolute Gasteiger partial charge is 0.335 e. The Morgan fingerprint density at radius 3 is 2.88 bits per heavy atom. The van der Waals surface area contributed by atoms with E-state index < -0.39 is 5.97 Å². The van der Waals surface area contributed by atoms with Crippen molar-refractivity contribution >= 4 is 16.9 Å². The first-order valence-electron chi connectivity index (χ1n) is 4.96. The molecule has 5 nitrogen and oxygen atoms in total. The summed E-state index contributed by atoms with van der Waals surface area (Å²) < 4.78 is 5.47. The second-order valence-corrected chi connectivity index (χ2v) is 3.76. The van der Waals surface area contributed by atoms with Crippen molar-refractivity contribution in [3.8, 4) is 5.88 Å². The molecule has 0 amide bonds. The number of carboxylic acids is 1. The van der Waals surface area contributed by atoms with Gasteiger partial charge in [0.1, 0.15) is 0 Å². The van der Waals surface area contributed by atoms with E-state index in [0.29, 0.717) is 11.3 Å². The van der Waals surface area contributed by atoms with Crippen LogP contribution in [0.15, 0.2) is 18.2 Å². The summed E-state index contributed by atoms with van der Waals surface area (Å²) in [7, 11) is 0. The van der Waals surface area contributed by atoms with Crippen molar-refractivity contribution < 1.29 is 14.6 Å². The zero-order valence-corrected chi connectivity index (χ0v) is 9.02. The maximum atomic E-state index is 10.8. The summed E-state index contributed by atoms with van der Waals surface area (Å²) in [5.74, 6) is -0.522. The highest BCUT2D eigenvalue weighted by molar-refractivity contribution is 5.95. The van der Waals surface area contributed by atoms with Crippen LogP contribution in [0, 0.1) is 0 Å². The fraction of sp³-hybridized carbons (Fsp3) is 0.273. The van der Waals surface area contributed by atoms with Crippen molar-refractivity contribution in [1.29, 1.82) is 0 Å². The Morgan fingerprint density at radius 2 is 2.25 bits per heavy atom. The van der Waals surface area contributed by atoms with E-state index in [0.717, 1.165) is 5.52 Å².